The van der Waals surface area contributed by atoms with Gasteiger partial charge in [-0.3, -0.25) is 14.3 Å². The molecule has 2 aliphatic heterocycles. The number of anilines is 2. The molecule has 0 saturated carbocycles. The molecule has 0 aliphatic carbocycles. The highest BCUT2D eigenvalue weighted by Crippen LogP contribution is 2.44. The molecule has 2 unspecified atom stereocenters. The third-order valence-corrected chi connectivity index (χ3v) is 5.63. The highest BCUT2D eigenvalue weighted by Gasteiger charge is 2.54. The second-order valence-corrected chi connectivity index (χ2v) is 7.62. The molecule has 5 atom stereocenters. The Hall–Kier alpha value is -3.45. The number of rotatable bonds is 5. The van der Waals surface area contributed by atoms with Crippen LogP contribution in [0.3, 0.4) is 0 Å². The Morgan fingerprint density at radius 3 is 2.56 bits per heavy atom. The standard InChI is InChI=1S/C20H22N6O6/c1-2-7-25-12-15(23-19(22)24-16(12)28)26(20(25)29)17-14-13(11(8-27)30-17)31-18(32-14)9-3-5-10(21)6-4-9/h2-6,11,13-14,17-18,27H,1,7-8,21H2,(H3,22,23,24,28)/t11-,13-,14-,17?,18?/m1/s1. The first-order valence-electron chi connectivity index (χ1n) is 9.97. The van der Waals surface area contributed by atoms with E-state index >= 15 is 0 Å². The summed E-state index contributed by atoms with van der Waals surface area (Å²) in [4.78, 5) is 32.4. The van der Waals surface area contributed by atoms with Crippen molar-refractivity contribution in [3.8, 4) is 0 Å². The van der Waals surface area contributed by atoms with Crippen LogP contribution in [0.15, 0.2) is 46.5 Å². The molecule has 12 heteroatoms. The molecule has 1 aromatic carbocycles. The molecule has 2 aromatic heterocycles. The van der Waals surface area contributed by atoms with Gasteiger partial charge in [-0.1, -0.05) is 18.2 Å². The van der Waals surface area contributed by atoms with E-state index in [0.717, 1.165) is 5.56 Å². The number of benzene rings is 1. The van der Waals surface area contributed by atoms with Crippen LogP contribution in [0.25, 0.3) is 11.2 Å². The molecule has 5 rings (SSSR count). The monoisotopic (exact) mass is 442 g/mol. The smallest absolute Gasteiger partial charge is 0.333 e. The van der Waals surface area contributed by atoms with Crippen molar-refractivity contribution in [1.29, 1.82) is 0 Å². The van der Waals surface area contributed by atoms with E-state index in [9.17, 15) is 14.7 Å². The maximum absolute atomic E-state index is 13.3. The molecule has 32 heavy (non-hydrogen) atoms. The minimum absolute atomic E-state index is 0.0331. The minimum atomic E-state index is -1.01. The van der Waals surface area contributed by atoms with Gasteiger partial charge in [-0.15, -0.1) is 6.58 Å². The normalized spacial score (nSPS) is 27.1. The molecule has 168 valence electrons. The van der Waals surface area contributed by atoms with E-state index < -0.39 is 42.1 Å². The summed E-state index contributed by atoms with van der Waals surface area (Å²) in [6.45, 7) is 3.36. The zero-order valence-electron chi connectivity index (χ0n) is 16.9. The van der Waals surface area contributed by atoms with Crippen molar-refractivity contribution < 1.29 is 19.3 Å². The Bertz CT molecular complexity index is 1290. The van der Waals surface area contributed by atoms with E-state index in [4.69, 9.17) is 25.7 Å². The first-order chi connectivity index (χ1) is 15.4. The van der Waals surface area contributed by atoms with Gasteiger partial charge in [0, 0.05) is 17.8 Å². The summed E-state index contributed by atoms with van der Waals surface area (Å²) in [7, 11) is 0. The molecule has 0 spiro atoms. The van der Waals surface area contributed by atoms with Gasteiger partial charge in [-0.2, -0.15) is 4.98 Å². The Labute approximate surface area is 180 Å². The van der Waals surface area contributed by atoms with E-state index in [1.165, 1.54) is 15.2 Å². The summed E-state index contributed by atoms with van der Waals surface area (Å²) in [5.74, 6) is -0.149. The number of fused-ring (bicyclic) bond motifs is 2. The molecule has 2 aliphatic rings. The van der Waals surface area contributed by atoms with Gasteiger partial charge in [0.2, 0.25) is 5.95 Å². The highest BCUT2D eigenvalue weighted by atomic mass is 16.8. The van der Waals surface area contributed by atoms with Gasteiger partial charge >= 0.3 is 5.69 Å². The fourth-order valence-electron chi connectivity index (χ4n) is 4.23. The Kier molecular flexibility index (Phi) is 4.86. The van der Waals surface area contributed by atoms with Crippen molar-refractivity contribution in [2.75, 3.05) is 18.1 Å². The van der Waals surface area contributed by atoms with E-state index in [1.54, 1.807) is 24.3 Å². The summed E-state index contributed by atoms with van der Waals surface area (Å²) < 4.78 is 20.5. The predicted octanol–water partition coefficient (Wildman–Crippen LogP) is -0.391. The second kappa shape index (κ2) is 7.60. The molecule has 12 nitrogen and oxygen atoms in total. The number of nitrogens with one attached hydrogen (secondary N) is 1. The van der Waals surface area contributed by atoms with Gasteiger partial charge in [0.1, 0.15) is 18.3 Å². The number of hydrogen-bond donors (Lipinski definition) is 4. The number of H-pyrrole nitrogens is 1. The summed E-state index contributed by atoms with van der Waals surface area (Å²) >= 11 is 0. The molecular formula is C20H22N6O6. The third-order valence-electron chi connectivity index (χ3n) is 5.63. The SMILES string of the molecule is C=CCn1c(=O)n(C2O[C@H](CO)[C@H]3OC(c4ccc(N)cc4)O[C@@H]23)c2nc(N)[nH]c(=O)c21. The molecule has 2 fully saturated rings. The first-order valence-corrected chi connectivity index (χ1v) is 9.97. The van der Waals surface area contributed by atoms with Gasteiger partial charge in [-0.25, -0.2) is 9.36 Å². The van der Waals surface area contributed by atoms with Crippen LogP contribution in [0.5, 0.6) is 0 Å². The summed E-state index contributed by atoms with van der Waals surface area (Å²) in [5, 5.41) is 9.86. The van der Waals surface area contributed by atoms with E-state index in [-0.39, 0.29) is 30.3 Å². The Balaban J connectivity index is 1.61. The minimum Gasteiger partial charge on any atom is -0.399 e. The van der Waals surface area contributed by atoms with Crippen molar-refractivity contribution in [3.05, 3.63) is 63.3 Å². The summed E-state index contributed by atoms with van der Waals surface area (Å²) in [5.41, 5.74) is 11.8. The van der Waals surface area contributed by atoms with Crippen LogP contribution < -0.4 is 22.7 Å². The van der Waals surface area contributed by atoms with Gasteiger partial charge in [0.25, 0.3) is 5.56 Å². The lowest BCUT2D eigenvalue weighted by Crippen LogP contribution is -2.34. The molecule has 0 radical (unpaired) electrons. The van der Waals surface area contributed by atoms with Crippen LogP contribution in [0.1, 0.15) is 18.1 Å². The van der Waals surface area contributed by atoms with Gasteiger partial charge < -0.3 is 30.8 Å². The van der Waals surface area contributed by atoms with E-state index in [2.05, 4.69) is 16.5 Å². The quantitative estimate of drug-likeness (QED) is 0.303. The number of aromatic amines is 1. The first kappa shape index (κ1) is 20.5. The third kappa shape index (κ3) is 3.04. The topological polar surface area (TPSA) is 173 Å². The van der Waals surface area contributed by atoms with E-state index in [1.807, 2.05) is 0 Å². The molecule has 2 saturated heterocycles. The number of nitrogens with two attached hydrogens (primary N) is 2. The number of imidazole rings is 1. The number of hydrogen-bond acceptors (Lipinski definition) is 9. The highest BCUT2D eigenvalue weighted by molar-refractivity contribution is 5.72. The van der Waals surface area contributed by atoms with Crippen LogP contribution in [0.2, 0.25) is 0 Å². The van der Waals surface area contributed by atoms with Gasteiger partial charge in [-0.05, 0) is 12.1 Å². The largest absolute Gasteiger partial charge is 0.399 e. The van der Waals surface area contributed by atoms with Crippen molar-refractivity contribution in [2.45, 2.75) is 37.4 Å². The lowest BCUT2D eigenvalue weighted by Gasteiger charge is -2.20. The Morgan fingerprint density at radius 2 is 1.88 bits per heavy atom. The number of nitrogens with zero attached hydrogens (tertiary/aromatic N) is 3. The number of allylic oxidation sites excluding steroid dienone is 1. The van der Waals surface area contributed by atoms with Crippen molar-refractivity contribution in [1.82, 2.24) is 19.1 Å². The lowest BCUT2D eigenvalue weighted by atomic mass is 10.1. The molecule has 4 heterocycles. The molecule has 6 N–H and O–H groups in total. The average molecular weight is 442 g/mol. The Morgan fingerprint density at radius 1 is 1.16 bits per heavy atom. The van der Waals surface area contributed by atoms with Crippen LogP contribution in [0.4, 0.5) is 11.6 Å². The molecular weight excluding hydrogens is 420 g/mol. The zero-order valence-corrected chi connectivity index (χ0v) is 16.9. The number of nitrogen functional groups attached to an aromatic ring is 2. The zero-order chi connectivity index (χ0) is 22.6. The number of aliphatic hydroxyl groups excluding tert-OH is 1. The maximum Gasteiger partial charge on any atom is 0.333 e. The van der Waals surface area contributed by atoms with Crippen LogP contribution in [-0.4, -0.2) is 49.1 Å². The lowest BCUT2D eigenvalue weighted by molar-refractivity contribution is -0.154. The number of aliphatic hydroxyl groups is 1. The van der Waals surface area contributed by atoms with Crippen LogP contribution >= 0.6 is 0 Å². The van der Waals surface area contributed by atoms with E-state index in [0.29, 0.717) is 5.69 Å². The predicted molar refractivity (Wildman–Crippen MR) is 114 cm³/mol. The van der Waals surface area contributed by atoms with Crippen molar-refractivity contribution >= 4 is 22.8 Å². The maximum atomic E-state index is 13.3. The van der Waals surface area contributed by atoms with Crippen molar-refractivity contribution in [2.24, 2.45) is 0 Å². The number of aromatic nitrogens is 4. The summed E-state index contributed by atoms with van der Waals surface area (Å²) in [6, 6.07) is 6.99. The second-order valence-electron chi connectivity index (χ2n) is 7.62. The number of ether oxygens (including phenoxy) is 3. The van der Waals surface area contributed by atoms with Crippen LogP contribution in [-0.2, 0) is 20.8 Å². The average Bonchev–Trinajstić information content (AvgIpc) is 3.40. The molecule has 3 aromatic rings. The fraction of sp³-hybridized carbons (Fsp3) is 0.350. The van der Waals surface area contributed by atoms with Gasteiger partial charge in [0.05, 0.1) is 6.61 Å². The fourth-order valence-corrected chi connectivity index (χ4v) is 4.23. The summed E-state index contributed by atoms with van der Waals surface area (Å²) in [6.07, 6.45) is -2.43. The van der Waals surface area contributed by atoms with Crippen LogP contribution in [0, 0.1) is 0 Å². The molecule has 0 bridgehead atoms. The van der Waals surface area contributed by atoms with Crippen molar-refractivity contribution in [3.63, 3.8) is 0 Å². The molecule has 0 amide bonds. The van der Waals surface area contributed by atoms with Gasteiger partial charge in [0.15, 0.2) is 23.7 Å².